The Morgan fingerprint density at radius 2 is 2.00 bits per heavy atom. The Bertz CT molecular complexity index is 894. The van der Waals surface area contributed by atoms with Crippen LogP contribution in [-0.4, -0.2) is 40.8 Å². The third kappa shape index (κ3) is 2.35. The molecule has 27 heavy (non-hydrogen) atoms. The molecule has 4 aliphatic rings. The number of pyridine rings is 1. The number of nitrogens with one attached hydrogen (secondary N) is 1. The minimum Gasteiger partial charge on any atom is -0.451 e. The van der Waals surface area contributed by atoms with Crippen LogP contribution in [0.2, 0.25) is 0 Å². The molecule has 6 rings (SSSR count). The van der Waals surface area contributed by atoms with E-state index in [1.165, 1.54) is 19.3 Å². The van der Waals surface area contributed by atoms with Crippen molar-refractivity contribution in [3.63, 3.8) is 0 Å². The molecule has 0 bridgehead atoms. The molecule has 4 fully saturated rings. The SMILES string of the molecule is O=C(NC1[C@H]2CN(C(=O)c3cc4cnccc4o3)C[C@@H]12)C1CC2(CCC2)C1. The highest BCUT2D eigenvalue weighted by atomic mass is 16.3. The van der Waals surface area contributed by atoms with Crippen molar-refractivity contribution in [3.8, 4) is 0 Å². The maximum atomic E-state index is 12.7. The Kier molecular flexibility index (Phi) is 3.09. The summed E-state index contributed by atoms with van der Waals surface area (Å²) in [5, 5.41) is 4.10. The van der Waals surface area contributed by atoms with E-state index in [0.29, 0.717) is 41.7 Å². The standard InChI is InChI=1S/C21H23N3O3/c25-19(13-7-21(8-13)3-1-4-21)23-18-14-10-24(11-15(14)18)20(26)17-6-12-9-22-5-2-16(12)27-17/h2,5-6,9,13-15,18H,1,3-4,7-8,10-11H2,(H,23,25)/t14-,15+,18?. The van der Waals surface area contributed by atoms with Gasteiger partial charge in [-0.2, -0.15) is 0 Å². The van der Waals surface area contributed by atoms with Crippen molar-refractivity contribution in [2.75, 3.05) is 13.1 Å². The van der Waals surface area contributed by atoms with E-state index >= 15 is 0 Å². The van der Waals surface area contributed by atoms with Crippen LogP contribution in [0.4, 0.5) is 0 Å². The van der Waals surface area contributed by atoms with Gasteiger partial charge in [0.05, 0.1) is 0 Å². The second-order valence-electron chi connectivity index (χ2n) is 9.06. The fourth-order valence-corrected chi connectivity index (χ4v) is 5.59. The molecule has 0 aromatic carbocycles. The number of hydrogen-bond donors (Lipinski definition) is 1. The molecule has 2 amide bonds. The van der Waals surface area contributed by atoms with E-state index in [1.54, 1.807) is 24.5 Å². The number of carbonyl (C=O) groups is 2. The maximum Gasteiger partial charge on any atom is 0.289 e. The molecule has 2 aromatic heterocycles. The molecule has 3 heterocycles. The lowest BCUT2D eigenvalue weighted by molar-refractivity contribution is -0.137. The largest absolute Gasteiger partial charge is 0.451 e. The summed E-state index contributed by atoms with van der Waals surface area (Å²) >= 11 is 0. The summed E-state index contributed by atoms with van der Waals surface area (Å²) in [4.78, 5) is 31.1. The second-order valence-corrected chi connectivity index (χ2v) is 9.06. The van der Waals surface area contributed by atoms with Gasteiger partial charge < -0.3 is 14.6 Å². The monoisotopic (exact) mass is 365 g/mol. The number of rotatable bonds is 3. The minimum absolute atomic E-state index is 0.0607. The number of piperidine rings is 1. The number of hydrogen-bond acceptors (Lipinski definition) is 4. The second kappa shape index (κ2) is 5.33. The molecule has 1 aliphatic heterocycles. The van der Waals surface area contributed by atoms with E-state index in [0.717, 1.165) is 18.2 Å². The fraction of sp³-hybridized carbons (Fsp3) is 0.571. The van der Waals surface area contributed by atoms with Gasteiger partial charge in [0.2, 0.25) is 5.91 Å². The van der Waals surface area contributed by atoms with Crippen LogP contribution < -0.4 is 5.32 Å². The van der Waals surface area contributed by atoms with Gasteiger partial charge in [0.25, 0.3) is 5.91 Å². The summed E-state index contributed by atoms with van der Waals surface area (Å²) in [6.45, 7) is 1.41. The number of amides is 2. The van der Waals surface area contributed by atoms with Gasteiger partial charge in [0, 0.05) is 54.7 Å². The van der Waals surface area contributed by atoms with E-state index in [-0.39, 0.29) is 23.8 Å². The molecule has 140 valence electrons. The highest BCUT2D eigenvalue weighted by molar-refractivity contribution is 5.96. The van der Waals surface area contributed by atoms with E-state index in [4.69, 9.17) is 4.42 Å². The summed E-state index contributed by atoms with van der Waals surface area (Å²) < 4.78 is 5.67. The van der Waals surface area contributed by atoms with Crippen molar-refractivity contribution in [2.24, 2.45) is 23.2 Å². The van der Waals surface area contributed by atoms with Crippen LogP contribution in [0.1, 0.15) is 42.7 Å². The van der Waals surface area contributed by atoms with Crippen LogP contribution in [0, 0.1) is 23.2 Å². The Labute approximate surface area is 157 Å². The van der Waals surface area contributed by atoms with Crippen molar-refractivity contribution in [2.45, 2.75) is 38.1 Å². The number of carbonyl (C=O) groups excluding carboxylic acids is 2. The zero-order valence-electron chi connectivity index (χ0n) is 15.2. The lowest BCUT2D eigenvalue weighted by atomic mass is 9.51. The van der Waals surface area contributed by atoms with Gasteiger partial charge in [-0.15, -0.1) is 0 Å². The first-order valence-corrected chi connectivity index (χ1v) is 10.1. The quantitative estimate of drug-likeness (QED) is 0.907. The summed E-state index contributed by atoms with van der Waals surface area (Å²) in [7, 11) is 0. The van der Waals surface area contributed by atoms with Crippen LogP contribution in [0.15, 0.2) is 28.9 Å². The van der Waals surface area contributed by atoms with Crippen molar-refractivity contribution in [3.05, 3.63) is 30.3 Å². The molecule has 3 aliphatic carbocycles. The van der Waals surface area contributed by atoms with Crippen molar-refractivity contribution in [1.29, 1.82) is 0 Å². The van der Waals surface area contributed by atoms with Crippen molar-refractivity contribution in [1.82, 2.24) is 15.2 Å². The van der Waals surface area contributed by atoms with E-state index in [1.807, 2.05) is 4.90 Å². The average molecular weight is 365 g/mol. The molecule has 1 unspecified atom stereocenters. The normalized spacial score (nSPS) is 30.7. The first-order chi connectivity index (χ1) is 13.1. The average Bonchev–Trinajstić information content (AvgIpc) is 3.00. The summed E-state index contributed by atoms with van der Waals surface area (Å²) in [5.74, 6) is 1.60. The predicted octanol–water partition coefficient (Wildman–Crippen LogP) is 2.59. The molecule has 0 radical (unpaired) electrons. The van der Waals surface area contributed by atoms with E-state index in [2.05, 4.69) is 10.3 Å². The van der Waals surface area contributed by atoms with Gasteiger partial charge in [0.15, 0.2) is 5.76 Å². The lowest BCUT2D eigenvalue weighted by Crippen LogP contribution is -2.50. The van der Waals surface area contributed by atoms with Crippen LogP contribution in [0.5, 0.6) is 0 Å². The Morgan fingerprint density at radius 3 is 2.67 bits per heavy atom. The molecule has 6 heteroatoms. The molecular formula is C21H23N3O3. The van der Waals surface area contributed by atoms with E-state index in [9.17, 15) is 9.59 Å². The van der Waals surface area contributed by atoms with Crippen LogP contribution >= 0.6 is 0 Å². The molecule has 1 spiro atoms. The number of nitrogens with zero attached hydrogens (tertiary/aromatic N) is 2. The number of fused-ring (bicyclic) bond motifs is 2. The molecule has 1 N–H and O–H groups in total. The third-order valence-corrected chi connectivity index (χ3v) is 7.46. The molecular weight excluding hydrogens is 342 g/mol. The topological polar surface area (TPSA) is 75.4 Å². The van der Waals surface area contributed by atoms with Crippen molar-refractivity contribution >= 4 is 22.8 Å². The van der Waals surface area contributed by atoms with E-state index < -0.39 is 0 Å². The maximum absolute atomic E-state index is 12.7. The summed E-state index contributed by atoms with van der Waals surface area (Å²) in [6.07, 6.45) is 9.52. The van der Waals surface area contributed by atoms with Gasteiger partial charge in [-0.05, 0) is 43.2 Å². The lowest BCUT2D eigenvalue weighted by Gasteiger charge is -2.53. The number of likely N-dealkylation sites (tertiary alicyclic amines) is 1. The van der Waals surface area contributed by atoms with Crippen molar-refractivity contribution < 1.29 is 14.0 Å². The summed E-state index contributed by atoms with van der Waals surface area (Å²) in [6, 6.07) is 3.80. The molecule has 1 saturated heterocycles. The number of furan rings is 1. The molecule has 3 saturated carbocycles. The smallest absolute Gasteiger partial charge is 0.289 e. The van der Waals surface area contributed by atoms with Crippen LogP contribution in [0.3, 0.4) is 0 Å². The first kappa shape index (κ1) is 15.7. The highest BCUT2D eigenvalue weighted by Gasteiger charge is 2.59. The van der Waals surface area contributed by atoms with Gasteiger partial charge >= 0.3 is 0 Å². The Balaban J connectivity index is 1.04. The fourth-order valence-electron chi connectivity index (χ4n) is 5.59. The van der Waals surface area contributed by atoms with Crippen LogP contribution in [0.25, 0.3) is 11.0 Å². The van der Waals surface area contributed by atoms with Gasteiger partial charge in [-0.25, -0.2) is 0 Å². The summed E-state index contributed by atoms with van der Waals surface area (Å²) in [5.41, 5.74) is 1.22. The molecule has 6 nitrogen and oxygen atoms in total. The Hall–Kier alpha value is -2.37. The van der Waals surface area contributed by atoms with Gasteiger partial charge in [-0.1, -0.05) is 6.42 Å². The number of aromatic nitrogens is 1. The zero-order valence-corrected chi connectivity index (χ0v) is 15.2. The molecule has 3 atom stereocenters. The van der Waals surface area contributed by atoms with Gasteiger partial charge in [0.1, 0.15) is 5.58 Å². The van der Waals surface area contributed by atoms with Crippen LogP contribution in [-0.2, 0) is 4.79 Å². The minimum atomic E-state index is -0.0607. The predicted molar refractivity (Wildman–Crippen MR) is 97.8 cm³/mol. The highest BCUT2D eigenvalue weighted by Crippen LogP contribution is 2.59. The first-order valence-electron chi connectivity index (χ1n) is 10.1. The molecule has 2 aromatic rings. The van der Waals surface area contributed by atoms with Gasteiger partial charge in [-0.3, -0.25) is 14.6 Å². The zero-order chi connectivity index (χ0) is 18.2. The Morgan fingerprint density at radius 1 is 1.22 bits per heavy atom. The third-order valence-electron chi connectivity index (χ3n) is 7.46.